The molecule has 0 saturated heterocycles. The lowest BCUT2D eigenvalue weighted by molar-refractivity contribution is 0.0992. The Balaban J connectivity index is 1.74. The minimum absolute atomic E-state index is 0.252. The summed E-state index contributed by atoms with van der Waals surface area (Å²) >= 11 is 0. The van der Waals surface area contributed by atoms with E-state index in [9.17, 15) is 14.0 Å². The molecule has 0 bridgehead atoms. The summed E-state index contributed by atoms with van der Waals surface area (Å²) in [5.74, 6) is -2.10. The molecule has 4 rings (SSSR count). The van der Waals surface area contributed by atoms with Crippen molar-refractivity contribution in [3.8, 4) is 16.9 Å². The molecule has 0 aliphatic carbocycles. The molecule has 0 atom stereocenters. The fraction of sp³-hybridized carbons (Fsp3) is 0.0417. The SMILES string of the molecule is Cc1ccc(-n2cc(C(=O)Nc3ccc(F)c(C(N)=O)c3)c(-c3ccccc3)n2)cc1. The number of nitrogens with two attached hydrogens (primary N) is 1. The summed E-state index contributed by atoms with van der Waals surface area (Å²) in [5, 5.41) is 7.32. The number of primary amides is 1. The van der Waals surface area contributed by atoms with Gasteiger partial charge in [-0.2, -0.15) is 5.10 Å². The molecular formula is C24H19FN4O2. The number of benzene rings is 3. The van der Waals surface area contributed by atoms with Gasteiger partial charge in [-0.15, -0.1) is 0 Å². The molecule has 3 N–H and O–H groups in total. The molecule has 2 amide bonds. The number of aromatic nitrogens is 2. The van der Waals surface area contributed by atoms with Crippen molar-refractivity contribution in [2.24, 2.45) is 5.73 Å². The van der Waals surface area contributed by atoms with Crippen molar-refractivity contribution in [1.82, 2.24) is 9.78 Å². The lowest BCUT2D eigenvalue weighted by Crippen LogP contribution is -2.16. The summed E-state index contributed by atoms with van der Waals surface area (Å²) in [5.41, 5.74) is 8.67. The molecule has 0 aliphatic heterocycles. The minimum atomic E-state index is -0.911. The Kier molecular flexibility index (Phi) is 5.32. The molecular weight excluding hydrogens is 395 g/mol. The van der Waals surface area contributed by atoms with E-state index in [1.54, 1.807) is 10.9 Å². The third kappa shape index (κ3) is 4.20. The molecule has 0 unspecified atom stereocenters. The molecule has 0 radical (unpaired) electrons. The van der Waals surface area contributed by atoms with E-state index in [-0.39, 0.29) is 11.3 Å². The van der Waals surface area contributed by atoms with Crippen LogP contribution in [-0.4, -0.2) is 21.6 Å². The van der Waals surface area contributed by atoms with Crippen LogP contribution in [0.25, 0.3) is 16.9 Å². The highest BCUT2D eigenvalue weighted by Crippen LogP contribution is 2.25. The second-order valence-corrected chi connectivity index (χ2v) is 7.05. The molecule has 0 fully saturated rings. The Bertz CT molecular complexity index is 1260. The fourth-order valence-corrected chi connectivity index (χ4v) is 3.17. The number of nitrogens with one attached hydrogen (secondary N) is 1. The first kappa shape index (κ1) is 20.0. The van der Waals surface area contributed by atoms with Gasteiger partial charge in [-0.05, 0) is 37.3 Å². The Morgan fingerprint density at radius 1 is 0.968 bits per heavy atom. The van der Waals surface area contributed by atoms with Gasteiger partial charge in [0.05, 0.1) is 16.8 Å². The Morgan fingerprint density at radius 2 is 1.68 bits per heavy atom. The van der Waals surface area contributed by atoms with Crippen LogP contribution in [0, 0.1) is 12.7 Å². The predicted molar refractivity (Wildman–Crippen MR) is 117 cm³/mol. The van der Waals surface area contributed by atoms with Gasteiger partial charge < -0.3 is 11.1 Å². The number of aryl methyl sites for hydroxylation is 1. The van der Waals surface area contributed by atoms with E-state index in [4.69, 9.17) is 5.73 Å². The van der Waals surface area contributed by atoms with Gasteiger partial charge in [0.25, 0.3) is 11.8 Å². The van der Waals surface area contributed by atoms with E-state index in [1.807, 2.05) is 61.5 Å². The molecule has 154 valence electrons. The largest absolute Gasteiger partial charge is 0.366 e. The zero-order valence-corrected chi connectivity index (χ0v) is 16.7. The molecule has 4 aromatic rings. The van der Waals surface area contributed by atoms with Crippen LogP contribution in [-0.2, 0) is 0 Å². The fourth-order valence-electron chi connectivity index (χ4n) is 3.17. The average Bonchev–Trinajstić information content (AvgIpc) is 3.22. The quantitative estimate of drug-likeness (QED) is 0.509. The van der Waals surface area contributed by atoms with Crippen molar-refractivity contribution in [2.75, 3.05) is 5.32 Å². The van der Waals surface area contributed by atoms with Gasteiger partial charge in [-0.1, -0.05) is 48.0 Å². The maximum absolute atomic E-state index is 13.8. The molecule has 1 heterocycles. The van der Waals surface area contributed by atoms with Crippen molar-refractivity contribution in [2.45, 2.75) is 6.92 Å². The van der Waals surface area contributed by atoms with Gasteiger partial charge in [-0.25, -0.2) is 9.07 Å². The topological polar surface area (TPSA) is 90.0 Å². The van der Waals surface area contributed by atoms with Gasteiger partial charge in [0.15, 0.2) is 0 Å². The monoisotopic (exact) mass is 414 g/mol. The number of carbonyl (C=O) groups is 2. The Morgan fingerprint density at radius 3 is 2.35 bits per heavy atom. The van der Waals surface area contributed by atoms with E-state index in [2.05, 4.69) is 10.4 Å². The normalized spacial score (nSPS) is 10.6. The summed E-state index contributed by atoms with van der Waals surface area (Å²) in [6.45, 7) is 1.99. The highest BCUT2D eigenvalue weighted by Gasteiger charge is 2.19. The van der Waals surface area contributed by atoms with Crippen LogP contribution in [0.4, 0.5) is 10.1 Å². The third-order valence-corrected chi connectivity index (χ3v) is 4.79. The van der Waals surface area contributed by atoms with Gasteiger partial charge in [0, 0.05) is 17.4 Å². The van der Waals surface area contributed by atoms with Crippen LogP contribution in [0.2, 0.25) is 0 Å². The number of hydrogen-bond donors (Lipinski definition) is 2. The maximum Gasteiger partial charge on any atom is 0.259 e. The van der Waals surface area contributed by atoms with Crippen molar-refractivity contribution >= 4 is 17.5 Å². The van der Waals surface area contributed by atoms with Crippen LogP contribution < -0.4 is 11.1 Å². The molecule has 0 aliphatic rings. The molecule has 0 spiro atoms. The first-order chi connectivity index (χ1) is 14.9. The van der Waals surface area contributed by atoms with Gasteiger partial charge in [0.2, 0.25) is 0 Å². The summed E-state index contributed by atoms with van der Waals surface area (Å²) in [6, 6.07) is 20.7. The van der Waals surface area contributed by atoms with E-state index in [0.717, 1.165) is 22.9 Å². The molecule has 7 heteroatoms. The lowest BCUT2D eigenvalue weighted by Gasteiger charge is -2.07. The zero-order chi connectivity index (χ0) is 22.0. The second-order valence-electron chi connectivity index (χ2n) is 7.05. The third-order valence-electron chi connectivity index (χ3n) is 4.79. The van der Waals surface area contributed by atoms with Gasteiger partial charge >= 0.3 is 0 Å². The lowest BCUT2D eigenvalue weighted by atomic mass is 10.1. The Hall–Kier alpha value is -4.26. The predicted octanol–water partition coefficient (Wildman–Crippen LogP) is 4.34. The summed E-state index contributed by atoms with van der Waals surface area (Å²) in [6.07, 6.45) is 1.64. The van der Waals surface area contributed by atoms with Crippen LogP contribution in [0.5, 0.6) is 0 Å². The van der Waals surface area contributed by atoms with Gasteiger partial charge in [0.1, 0.15) is 11.5 Å². The minimum Gasteiger partial charge on any atom is -0.366 e. The summed E-state index contributed by atoms with van der Waals surface area (Å²) in [4.78, 5) is 24.5. The number of hydrogen-bond acceptors (Lipinski definition) is 3. The van der Waals surface area contributed by atoms with Crippen LogP contribution in [0.1, 0.15) is 26.3 Å². The number of rotatable bonds is 5. The smallest absolute Gasteiger partial charge is 0.259 e. The highest BCUT2D eigenvalue weighted by molar-refractivity contribution is 6.08. The van der Waals surface area contributed by atoms with Crippen LogP contribution >= 0.6 is 0 Å². The van der Waals surface area contributed by atoms with E-state index < -0.39 is 17.6 Å². The van der Waals surface area contributed by atoms with E-state index in [0.29, 0.717) is 11.3 Å². The summed E-state index contributed by atoms with van der Waals surface area (Å²) < 4.78 is 15.4. The number of nitrogens with zero attached hydrogens (tertiary/aromatic N) is 2. The van der Waals surface area contributed by atoms with Crippen molar-refractivity contribution in [3.05, 3.63) is 102 Å². The van der Waals surface area contributed by atoms with Crippen molar-refractivity contribution < 1.29 is 14.0 Å². The van der Waals surface area contributed by atoms with Crippen LogP contribution in [0.15, 0.2) is 79.0 Å². The van der Waals surface area contributed by atoms with Gasteiger partial charge in [-0.3, -0.25) is 9.59 Å². The Labute approximate surface area is 178 Å². The first-order valence-corrected chi connectivity index (χ1v) is 9.55. The number of amides is 2. The van der Waals surface area contributed by atoms with E-state index in [1.165, 1.54) is 12.1 Å². The summed E-state index contributed by atoms with van der Waals surface area (Å²) in [7, 11) is 0. The number of anilines is 1. The zero-order valence-electron chi connectivity index (χ0n) is 16.7. The maximum atomic E-state index is 13.8. The van der Waals surface area contributed by atoms with E-state index >= 15 is 0 Å². The highest BCUT2D eigenvalue weighted by atomic mass is 19.1. The number of carbonyl (C=O) groups excluding carboxylic acids is 2. The standard InChI is InChI=1S/C24H19FN4O2/c1-15-7-10-18(11-8-15)29-14-20(22(28-29)16-5-3-2-4-6-16)24(31)27-17-9-12-21(25)19(13-17)23(26)30/h2-14H,1H3,(H2,26,30)(H,27,31). The molecule has 6 nitrogen and oxygen atoms in total. The molecule has 31 heavy (non-hydrogen) atoms. The van der Waals surface area contributed by atoms with Crippen molar-refractivity contribution in [3.63, 3.8) is 0 Å². The number of halogens is 1. The van der Waals surface area contributed by atoms with Crippen LogP contribution in [0.3, 0.4) is 0 Å². The average molecular weight is 414 g/mol. The van der Waals surface area contributed by atoms with Crippen molar-refractivity contribution in [1.29, 1.82) is 0 Å². The second kappa shape index (κ2) is 8.23. The molecule has 0 saturated carbocycles. The molecule has 3 aromatic carbocycles. The first-order valence-electron chi connectivity index (χ1n) is 9.55. The molecule has 1 aromatic heterocycles.